The number of hydrogen-bond acceptors (Lipinski definition) is 7. The molecule has 0 saturated carbocycles. The van der Waals surface area contributed by atoms with Gasteiger partial charge < -0.3 is 15.7 Å². The predicted molar refractivity (Wildman–Crippen MR) is 136 cm³/mol. The van der Waals surface area contributed by atoms with Crippen LogP contribution >= 0.6 is 0 Å². The van der Waals surface area contributed by atoms with Gasteiger partial charge in [-0.05, 0) is 36.0 Å². The molecule has 0 saturated heterocycles. The van der Waals surface area contributed by atoms with Gasteiger partial charge >= 0.3 is 0 Å². The van der Waals surface area contributed by atoms with Crippen LogP contribution in [-0.2, 0) is 6.54 Å². The first-order valence-electron chi connectivity index (χ1n) is 11.8. The fraction of sp³-hybridized carbons (Fsp3) is 0.385. The second-order valence-electron chi connectivity index (χ2n) is 9.28. The van der Waals surface area contributed by atoms with Crippen molar-refractivity contribution < 1.29 is 5.11 Å². The quantitative estimate of drug-likeness (QED) is 0.315. The zero-order chi connectivity index (χ0) is 24.1. The lowest BCUT2D eigenvalue weighted by Gasteiger charge is -2.19. The van der Waals surface area contributed by atoms with Crippen molar-refractivity contribution in [3.8, 4) is 11.3 Å². The summed E-state index contributed by atoms with van der Waals surface area (Å²) in [5.41, 5.74) is 4.96. The molecule has 8 heteroatoms. The Hall–Kier alpha value is -3.52. The van der Waals surface area contributed by atoms with E-state index in [2.05, 4.69) is 72.7 Å². The minimum Gasteiger partial charge on any atom is -0.394 e. The molecule has 4 rings (SSSR count). The summed E-state index contributed by atoms with van der Waals surface area (Å²) in [6.45, 7) is 9.12. The van der Waals surface area contributed by atoms with Gasteiger partial charge in [-0.1, -0.05) is 58.0 Å². The Kier molecular flexibility index (Phi) is 7.37. The molecule has 3 aromatic heterocycles. The Balaban J connectivity index is 1.58. The van der Waals surface area contributed by atoms with E-state index in [-0.39, 0.29) is 18.6 Å². The Bertz CT molecular complexity index is 1200. The second-order valence-corrected chi connectivity index (χ2v) is 9.28. The molecular formula is C26H33N7O. The molecule has 3 heterocycles. The second kappa shape index (κ2) is 10.6. The SMILES string of the molecule is CC(C)C[C@@H](CO)Nc1nc(NCc2ccc(-c3ccccn3)cc2)n2ncc(C(C)C)c2n1. The number of fused-ring (bicyclic) bond motifs is 1. The minimum atomic E-state index is -0.111. The summed E-state index contributed by atoms with van der Waals surface area (Å²) in [4.78, 5) is 13.8. The van der Waals surface area contributed by atoms with Crippen molar-refractivity contribution in [3.05, 3.63) is 66.0 Å². The van der Waals surface area contributed by atoms with Crippen LogP contribution in [0.2, 0.25) is 0 Å². The fourth-order valence-corrected chi connectivity index (χ4v) is 3.92. The van der Waals surface area contributed by atoms with Gasteiger partial charge in [0.2, 0.25) is 11.9 Å². The molecular weight excluding hydrogens is 426 g/mol. The predicted octanol–water partition coefficient (Wildman–Crippen LogP) is 4.74. The molecule has 0 fully saturated rings. The number of anilines is 2. The molecule has 0 radical (unpaired) electrons. The van der Waals surface area contributed by atoms with Gasteiger partial charge in [0, 0.05) is 23.9 Å². The molecule has 178 valence electrons. The molecule has 1 atom stereocenters. The van der Waals surface area contributed by atoms with Crippen molar-refractivity contribution in [1.29, 1.82) is 0 Å². The Labute approximate surface area is 200 Å². The van der Waals surface area contributed by atoms with Crippen molar-refractivity contribution in [1.82, 2.24) is 24.6 Å². The number of hydrogen-bond donors (Lipinski definition) is 3. The van der Waals surface area contributed by atoms with Crippen LogP contribution in [0.1, 0.15) is 51.2 Å². The number of aliphatic hydroxyl groups excluding tert-OH is 1. The molecule has 34 heavy (non-hydrogen) atoms. The summed E-state index contributed by atoms with van der Waals surface area (Å²) >= 11 is 0. The number of pyridine rings is 1. The van der Waals surface area contributed by atoms with Gasteiger partial charge in [-0.15, -0.1) is 0 Å². The van der Waals surface area contributed by atoms with E-state index >= 15 is 0 Å². The lowest BCUT2D eigenvalue weighted by molar-refractivity contribution is 0.259. The first-order chi connectivity index (χ1) is 16.4. The summed E-state index contributed by atoms with van der Waals surface area (Å²) in [6, 6.07) is 14.1. The van der Waals surface area contributed by atoms with Crippen molar-refractivity contribution >= 4 is 17.5 Å². The molecule has 0 amide bonds. The Morgan fingerprint density at radius 2 is 1.79 bits per heavy atom. The number of aliphatic hydroxyl groups is 1. The number of nitrogens with zero attached hydrogens (tertiary/aromatic N) is 5. The number of benzene rings is 1. The first kappa shape index (κ1) is 23.6. The van der Waals surface area contributed by atoms with Crippen LogP contribution in [0.25, 0.3) is 16.9 Å². The molecule has 0 aliphatic heterocycles. The van der Waals surface area contributed by atoms with Crippen molar-refractivity contribution in [2.45, 2.75) is 52.6 Å². The standard InChI is InChI=1S/C26H33N7O/c1-17(2)13-21(16-34)30-25-31-24-22(18(3)4)15-29-33(24)26(32-25)28-14-19-8-10-20(11-9-19)23-7-5-6-12-27-23/h5-12,15,17-18,21,34H,13-14,16H2,1-4H3,(H2,28,30,31,32)/t21-/m0/s1. The van der Waals surface area contributed by atoms with E-state index < -0.39 is 0 Å². The third-order valence-corrected chi connectivity index (χ3v) is 5.69. The highest BCUT2D eigenvalue weighted by molar-refractivity contribution is 5.59. The van der Waals surface area contributed by atoms with Crippen LogP contribution in [0.15, 0.2) is 54.9 Å². The van der Waals surface area contributed by atoms with Crippen LogP contribution < -0.4 is 10.6 Å². The van der Waals surface area contributed by atoms with E-state index in [1.165, 1.54) is 0 Å². The van der Waals surface area contributed by atoms with Gasteiger partial charge in [-0.3, -0.25) is 4.98 Å². The van der Waals surface area contributed by atoms with E-state index in [4.69, 9.17) is 9.97 Å². The zero-order valence-electron chi connectivity index (χ0n) is 20.2. The maximum Gasteiger partial charge on any atom is 0.229 e. The molecule has 0 aliphatic carbocycles. The monoisotopic (exact) mass is 459 g/mol. The van der Waals surface area contributed by atoms with Crippen LogP contribution in [0, 0.1) is 5.92 Å². The number of nitrogens with one attached hydrogen (secondary N) is 2. The first-order valence-corrected chi connectivity index (χ1v) is 11.8. The van der Waals surface area contributed by atoms with Crippen LogP contribution in [0.5, 0.6) is 0 Å². The summed E-state index contributed by atoms with van der Waals surface area (Å²) < 4.78 is 1.75. The molecule has 3 N–H and O–H groups in total. The van der Waals surface area contributed by atoms with E-state index in [9.17, 15) is 5.11 Å². The van der Waals surface area contributed by atoms with E-state index in [1.807, 2.05) is 24.4 Å². The molecule has 4 aromatic rings. The summed E-state index contributed by atoms with van der Waals surface area (Å²) in [5.74, 6) is 1.81. The van der Waals surface area contributed by atoms with Gasteiger partial charge in [0.15, 0.2) is 5.65 Å². The van der Waals surface area contributed by atoms with Crippen molar-refractivity contribution in [2.75, 3.05) is 17.2 Å². The maximum absolute atomic E-state index is 9.82. The normalized spacial score (nSPS) is 12.4. The van der Waals surface area contributed by atoms with E-state index in [0.717, 1.165) is 34.5 Å². The van der Waals surface area contributed by atoms with E-state index in [0.29, 0.717) is 24.4 Å². The van der Waals surface area contributed by atoms with Gasteiger partial charge in [0.1, 0.15) is 0 Å². The van der Waals surface area contributed by atoms with E-state index in [1.54, 1.807) is 10.7 Å². The molecule has 0 spiro atoms. The zero-order valence-corrected chi connectivity index (χ0v) is 20.2. The highest BCUT2D eigenvalue weighted by Gasteiger charge is 2.17. The molecule has 0 unspecified atom stereocenters. The molecule has 0 aliphatic rings. The van der Waals surface area contributed by atoms with Crippen LogP contribution in [0.4, 0.5) is 11.9 Å². The summed E-state index contributed by atoms with van der Waals surface area (Å²) in [5, 5.41) is 21.1. The highest BCUT2D eigenvalue weighted by Crippen LogP contribution is 2.23. The minimum absolute atomic E-state index is 0.0222. The molecule has 0 bridgehead atoms. The summed E-state index contributed by atoms with van der Waals surface area (Å²) in [6.07, 6.45) is 4.48. The Morgan fingerprint density at radius 3 is 2.44 bits per heavy atom. The fourth-order valence-electron chi connectivity index (χ4n) is 3.92. The van der Waals surface area contributed by atoms with Gasteiger partial charge in [-0.25, -0.2) is 0 Å². The average molecular weight is 460 g/mol. The van der Waals surface area contributed by atoms with Crippen LogP contribution in [0.3, 0.4) is 0 Å². The highest BCUT2D eigenvalue weighted by atomic mass is 16.3. The van der Waals surface area contributed by atoms with Gasteiger partial charge in [-0.2, -0.15) is 19.6 Å². The average Bonchev–Trinajstić information content (AvgIpc) is 3.27. The van der Waals surface area contributed by atoms with Gasteiger partial charge in [0.05, 0.1) is 24.5 Å². The maximum atomic E-state index is 9.82. The number of rotatable bonds is 10. The topological polar surface area (TPSA) is 100 Å². The van der Waals surface area contributed by atoms with Gasteiger partial charge in [0.25, 0.3) is 0 Å². The third-order valence-electron chi connectivity index (χ3n) is 5.69. The third kappa shape index (κ3) is 5.51. The lowest BCUT2D eigenvalue weighted by Crippen LogP contribution is -2.27. The smallest absolute Gasteiger partial charge is 0.229 e. The Morgan fingerprint density at radius 1 is 1.00 bits per heavy atom. The van der Waals surface area contributed by atoms with Crippen molar-refractivity contribution in [3.63, 3.8) is 0 Å². The molecule has 1 aromatic carbocycles. The number of aromatic nitrogens is 5. The van der Waals surface area contributed by atoms with Crippen molar-refractivity contribution in [2.24, 2.45) is 5.92 Å². The lowest BCUT2D eigenvalue weighted by atomic mass is 10.0. The molecule has 8 nitrogen and oxygen atoms in total. The summed E-state index contributed by atoms with van der Waals surface area (Å²) in [7, 11) is 0. The largest absolute Gasteiger partial charge is 0.394 e. The van der Waals surface area contributed by atoms with Crippen LogP contribution in [-0.4, -0.2) is 42.3 Å².